The Hall–Kier alpha value is -3.61. The van der Waals surface area contributed by atoms with Crippen molar-refractivity contribution in [2.75, 3.05) is 27.2 Å². The summed E-state index contributed by atoms with van der Waals surface area (Å²) in [6.07, 6.45) is 0. The van der Waals surface area contributed by atoms with Crippen LogP contribution in [0.15, 0.2) is 94.7 Å². The Morgan fingerprint density at radius 2 is 1.19 bits per heavy atom. The van der Waals surface area contributed by atoms with E-state index in [0.29, 0.717) is 27.9 Å². The third-order valence-electron chi connectivity index (χ3n) is 5.35. The van der Waals surface area contributed by atoms with Gasteiger partial charge in [-0.2, -0.15) is 0 Å². The van der Waals surface area contributed by atoms with Crippen LogP contribution in [-0.4, -0.2) is 35.2 Å². The summed E-state index contributed by atoms with van der Waals surface area (Å²) < 4.78 is 62.3. The second kappa shape index (κ2) is 10.8. The quantitative estimate of drug-likeness (QED) is 0.236. The molecule has 0 saturated carbocycles. The van der Waals surface area contributed by atoms with Gasteiger partial charge in [0.1, 0.15) is 5.75 Å². The van der Waals surface area contributed by atoms with E-state index in [1.54, 1.807) is 36.4 Å². The SMILES string of the molecule is COc1ccc(S(=O)(=O)Nc2ccc(NS(=O)(=O)c3ccc(NC(=O)CBr)cc3)c3ccccc23)cc1. The number of rotatable bonds is 9. The average molecular weight is 605 g/mol. The molecule has 0 aliphatic carbocycles. The van der Waals surface area contributed by atoms with Crippen molar-refractivity contribution in [3.8, 4) is 5.75 Å². The minimum absolute atomic E-state index is 0.00212. The van der Waals surface area contributed by atoms with Crippen LogP contribution in [0.3, 0.4) is 0 Å². The summed E-state index contributed by atoms with van der Waals surface area (Å²) in [6, 6.07) is 21.5. The zero-order valence-electron chi connectivity index (χ0n) is 19.4. The fourth-order valence-corrected chi connectivity index (χ4v) is 5.85. The molecule has 0 spiro atoms. The van der Waals surface area contributed by atoms with Crippen molar-refractivity contribution in [2.45, 2.75) is 9.79 Å². The summed E-state index contributed by atoms with van der Waals surface area (Å²) in [5.41, 5.74) is 1.03. The second-order valence-electron chi connectivity index (χ2n) is 7.80. The molecular formula is C25H22BrN3O6S2. The molecule has 0 aliphatic heterocycles. The highest BCUT2D eigenvalue weighted by molar-refractivity contribution is 9.09. The standard InChI is InChI=1S/C25H22BrN3O6S2/c1-35-18-8-12-20(13-9-18)37(33,34)29-24-15-14-23(21-4-2-3-5-22(21)24)28-36(31,32)19-10-6-17(7-11-19)27-25(30)16-26/h2-15,28-29H,16H2,1H3,(H,27,30). The van der Waals surface area contributed by atoms with E-state index in [9.17, 15) is 21.6 Å². The molecule has 12 heteroatoms. The summed E-state index contributed by atoms with van der Waals surface area (Å²) >= 11 is 3.05. The van der Waals surface area contributed by atoms with Gasteiger partial charge in [0, 0.05) is 16.5 Å². The number of benzene rings is 4. The first-order chi connectivity index (χ1) is 17.6. The van der Waals surface area contributed by atoms with Crippen LogP contribution in [0.4, 0.5) is 17.1 Å². The molecular weight excluding hydrogens is 582 g/mol. The van der Waals surface area contributed by atoms with Crippen LogP contribution in [0.5, 0.6) is 5.75 Å². The summed E-state index contributed by atoms with van der Waals surface area (Å²) in [5, 5.41) is 3.75. The lowest BCUT2D eigenvalue weighted by Gasteiger charge is -2.15. The first kappa shape index (κ1) is 26.5. The summed E-state index contributed by atoms with van der Waals surface area (Å²) in [4.78, 5) is 11.6. The average Bonchev–Trinajstić information content (AvgIpc) is 2.90. The van der Waals surface area contributed by atoms with Gasteiger partial charge in [0.25, 0.3) is 20.0 Å². The first-order valence-electron chi connectivity index (χ1n) is 10.8. The maximum absolute atomic E-state index is 13.1. The van der Waals surface area contributed by atoms with Crippen molar-refractivity contribution in [1.82, 2.24) is 0 Å². The molecule has 192 valence electrons. The zero-order valence-corrected chi connectivity index (χ0v) is 22.7. The van der Waals surface area contributed by atoms with Crippen molar-refractivity contribution in [2.24, 2.45) is 0 Å². The minimum atomic E-state index is -3.98. The number of nitrogens with one attached hydrogen (secondary N) is 3. The number of methoxy groups -OCH3 is 1. The van der Waals surface area contributed by atoms with Gasteiger partial charge in [0.15, 0.2) is 0 Å². The van der Waals surface area contributed by atoms with Gasteiger partial charge in [-0.25, -0.2) is 16.8 Å². The highest BCUT2D eigenvalue weighted by atomic mass is 79.9. The largest absolute Gasteiger partial charge is 0.497 e. The number of sulfonamides is 2. The number of hydrogen-bond acceptors (Lipinski definition) is 6. The van der Waals surface area contributed by atoms with Gasteiger partial charge in [-0.15, -0.1) is 0 Å². The van der Waals surface area contributed by atoms with Gasteiger partial charge in [0.05, 0.1) is 33.6 Å². The lowest BCUT2D eigenvalue weighted by Crippen LogP contribution is -2.15. The highest BCUT2D eigenvalue weighted by Gasteiger charge is 2.19. The fraction of sp³-hybridized carbons (Fsp3) is 0.0800. The van der Waals surface area contributed by atoms with Gasteiger partial charge in [-0.1, -0.05) is 40.2 Å². The molecule has 0 radical (unpaired) electrons. The van der Waals surface area contributed by atoms with E-state index in [4.69, 9.17) is 4.74 Å². The number of halogens is 1. The smallest absolute Gasteiger partial charge is 0.261 e. The predicted octanol–water partition coefficient (Wildman–Crippen LogP) is 4.78. The monoisotopic (exact) mass is 603 g/mol. The van der Waals surface area contributed by atoms with Crippen LogP contribution in [0, 0.1) is 0 Å². The van der Waals surface area contributed by atoms with Gasteiger partial charge in [-0.3, -0.25) is 14.2 Å². The molecule has 4 aromatic rings. The van der Waals surface area contributed by atoms with E-state index in [1.165, 1.54) is 55.6 Å². The molecule has 4 rings (SSSR count). The third kappa shape index (κ3) is 6.04. The van der Waals surface area contributed by atoms with Gasteiger partial charge >= 0.3 is 0 Å². The lowest BCUT2D eigenvalue weighted by molar-refractivity contribution is -0.113. The van der Waals surface area contributed by atoms with E-state index in [-0.39, 0.29) is 26.7 Å². The van der Waals surface area contributed by atoms with Crippen molar-refractivity contribution >= 4 is 69.7 Å². The Labute approximate surface area is 223 Å². The molecule has 0 atom stereocenters. The molecule has 0 bridgehead atoms. The Morgan fingerprint density at radius 1 is 0.730 bits per heavy atom. The topological polar surface area (TPSA) is 131 Å². The number of hydrogen-bond donors (Lipinski definition) is 3. The van der Waals surface area contributed by atoms with Crippen LogP contribution >= 0.6 is 15.9 Å². The second-order valence-corrected chi connectivity index (χ2v) is 11.7. The molecule has 0 aliphatic rings. The number of carbonyl (C=O) groups excluding carboxylic acids is 1. The number of anilines is 3. The maximum Gasteiger partial charge on any atom is 0.261 e. The van der Waals surface area contributed by atoms with E-state index >= 15 is 0 Å². The minimum Gasteiger partial charge on any atom is -0.497 e. The molecule has 0 unspecified atom stereocenters. The van der Waals surface area contributed by atoms with Crippen molar-refractivity contribution in [3.63, 3.8) is 0 Å². The maximum atomic E-state index is 13.1. The van der Waals surface area contributed by atoms with Crippen LogP contribution in [0.2, 0.25) is 0 Å². The Morgan fingerprint density at radius 3 is 1.62 bits per heavy atom. The van der Waals surface area contributed by atoms with Crippen molar-refractivity contribution in [3.05, 3.63) is 84.9 Å². The van der Waals surface area contributed by atoms with Crippen molar-refractivity contribution < 1.29 is 26.4 Å². The van der Waals surface area contributed by atoms with E-state index in [1.807, 2.05) is 0 Å². The van der Waals surface area contributed by atoms with Crippen LogP contribution in [0.25, 0.3) is 10.8 Å². The van der Waals surface area contributed by atoms with E-state index in [0.717, 1.165) is 0 Å². The van der Waals surface area contributed by atoms with Crippen LogP contribution in [-0.2, 0) is 24.8 Å². The lowest BCUT2D eigenvalue weighted by atomic mass is 10.1. The number of amides is 1. The van der Waals surface area contributed by atoms with Gasteiger partial charge < -0.3 is 10.1 Å². The molecule has 0 aromatic heterocycles. The normalized spacial score (nSPS) is 11.6. The molecule has 9 nitrogen and oxygen atoms in total. The van der Waals surface area contributed by atoms with Gasteiger partial charge in [-0.05, 0) is 60.7 Å². The molecule has 4 aromatic carbocycles. The van der Waals surface area contributed by atoms with Crippen LogP contribution < -0.4 is 19.5 Å². The Balaban J connectivity index is 1.63. The predicted molar refractivity (Wildman–Crippen MR) is 147 cm³/mol. The molecule has 0 saturated heterocycles. The number of ether oxygens (including phenoxy) is 1. The summed E-state index contributed by atoms with van der Waals surface area (Å²) in [5.74, 6) is 0.266. The molecule has 0 fully saturated rings. The molecule has 3 N–H and O–H groups in total. The third-order valence-corrected chi connectivity index (χ3v) is 8.62. The number of alkyl halides is 1. The number of carbonyl (C=O) groups is 1. The Bertz CT molecular complexity index is 1660. The van der Waals surface area contributed by atoms with Crippen LogP contribution in [0.1, 0.15) is 0 Å². The van der Waals surface area contributed by atoms with Crippen molar-refractivity contribution in [1.29, 1.82) is 0 Å². The summed E-state index contributed by atoms with van der Waals surface area (Å²) in [6.45, 7) is 0. The Kier molecular flexibility index (Phi) is 7.71. The van der Waals surface area contributed by atoms with E-state index < -0.39 is 20.0 Å². The number of fused-ring (bicyclic) bond motifs is 1. The molecule has 37 heavy (non-hydrogen) atoms. The highest BCUT2D eigenvalue weighted by Crippen LogP contribution is 2.33. The first-order valence-corrected chi connectivity index (χ1v) is 14.9. The molecule has 1 amide bonds. The summed E-state index contributed by atoms with van der Waals surface area (Å²) in [7, 11) is -6.40. The van der Waals surface area contributed by atoms with E-state index in [2.05, 4.69) is 30.7 Å². The fourth-order valence-electron chi connectivity index (χ4n) is 3.55. The van der Waals surface area contributed by atoms with Gasteiger partial charge in [0.2, 0.25) is 5.91 Å². The molecule has 0 heterocycles. The zero-order chi connectivity index (χ0) is 26.6.